The fourth-order valence-electron chi connectivity index (χ4n) is 2.22. The first-order valence-electron chi connectivity index (χ1n) is 7.06. The van der Waals surface area contributed by atoms with Crippen LogP contribution in [-0.4, -0.2) is 28.3 Å². The molecule has 1 heterocycles. The maximum atomic E-state index is 12.4. The first-order valence-corrected chi connectivity index (χ1v) is 8.54. The molecule has 1 aliphatic heterocycles. The van der Waals surface area contributed by atoms with Crippen molar-refractivity contribution in [2.45, 2.75) is 11.4 Å². The number of hydrogen-bond acceptors (Lipinski definition) is 6. The highest BCUT2D eigenvalue weighted by Gasteiger charge is 2.18. The third-order valence-electron chi connectivity index (χ3n) is 3.47. The van der Waals surface area contributed by atoms with E-state index in [9.17, 15) is 13.2 Å². The van der Waals surface area contributed by atoms with Crippen LogP contribution in [0.15, 0.2) is 47.4 Å². The van der Waals surface area contributed by atoms with Crippen molar-refractivity contribution in [1.29, 1.82) is 0 Å². The molecule has 8 heteroatoms. The number of methoxy groups -OCH3 is 1. The lowest BCUT2D eigenvalue weighted by Gasteiger charge is -2.08. The van der Waals surface area contributed by atoms with Gasteiger partial charge < -0.3 is 14.2 Å². The van der Waals surface area contributed by atoms with E-state index in [1.165, 1.54) is 31.4 Å². The summed E-state index contributed by atoms with van der Waals surface area (Å²) >= 11 is 0. The highest BCUT2D eigenvalue weighted by atomic mass is 32.2. The minimum atomic E-state index is -3.77. The van der Waals surface area contributed by atoms with Gasteiger partial charge in [-0.2, -0.15) is 0 Å². The van der Waals surface area contributed by atoms with Gasteiger partial charge in [0, 0.05) is 6.54 Å². The molecule has 126 valence electrons. The topological polar surface area (TPSA) is 90.9 Å². The number of benzene rings is 2. The molecule has 3 rings (SSSR count). The number of nitrogens with one attached hydrogen (secondary N) is 1. The Kier molecular flexibility index (Phi) is 4.41. The van der Waals surface area contributed by atoms with Crippen LogP contribution in [0.2, 0.25) is 0 Å². The summed E-state index contributed by atoms with van der Waals surface area (Å²) in [5, 5.41) is 0. The zero-order valence-electron chi connectivity index (χ0n) is 12.8. The molecule has 24 heavy (non-hydrogen) atoms. The number of hydrogen-bond donors (Lipinski definition) is 1. The van der Waals surface area contributed by atoms with Crippen molar-refractivity contribution in [3.8, 4) is 11.5 Å². The summed E-state index contributed by atoms with van der Waals surface area (Å²) in [6, 6.07) is 10.9. The van der Waals surface area contributed by atoms with Gasteiger partial charge in [-0.05, 0) is 35.9 Å². The molecule has 1 N–H and O–H groups in total. The fraction of sp³-hybridized carbons (Fsp3) is 0.188. The Bertz CT molecular complexity index is 878. The van der Waals surface area contributed by atoms with Crippen LogP contribution in [0.4, 0.5) is 0 Å². The van der Waals surface area contributed by atoms with E-state index in [-0.39, 0.29) is 23.8 Å². The first kappa shape index (κ1) is 16.3. The van der Waals surface area contributed by atoms with Gasteiger partial charge in [0.2, 0.25) is 16.8 Å². The number of esters is 1. The van der Waals surface area contributed by atoms with Crippen LogP contribution >= 0.6 is 0 Å². The van der Waals surface area contributed by atoms with E-state index in [4.69, 9.17) is 9.47 Å². The van der Waals surface area contributed by atoms with Crippen LogP contribution in [0, 0.1) is 0 Å². The molecule has 0 fully saturated rings. The molecule has 0 saturated heterocycles. The average molecular weight is 349 g/mol. The molecule has 0 bridgehead atoms. The molecule has 0 amide bonds. The molecule has 1 aliphatic rings. The SMILES string of the molecule is COC(=O)c1cccc(S(=O)(=O)NCc2ccc3c(c2)OCO3)c1. The average Bonchev–Trinajstić information content (AvgIpc) is 3.07. The molecule has 0 atom stereocenters. The maximum absolute atomic E-state index is 12.4. The Balaban J connectivity index is 1.75. The van der Waals surface area contributed by atoms with Crippen molar-refractivity contribution in [1.82, 2.24) is 4.72 Å². The third-order valence-corrected chi connectivity index (χ3v) is 4.87. The molecule has 0 unspecified atom stereocenters. The Morgan fingerprint density at radius 2 is 1.96 bits per heavy atom. The van der Waals surface area contributed by atoms with Crippen LogP contribution in [-0.2, 0) is 21.3 Å². The number of carbonyl (C=O) groups excluding carboxylic acids is 1. The lowest BCUT2D eigenvalue weighted by Crippen LogP contribution is -2.23. The lowest BCUT2D eigenvalue weighted by atomic mass is 10.2. The number of ether oxygens (including phenoxy) is 3. The summed E-state index contributed by atoms with van der Waals surface area (Å²) in [7, 11) is -2.53. The Labute approximate surface area is 139 Å². The van der Waals surface area contributed by atoms with Gasteiger partial charge in [-0.3, -0.25) is 0 Å². The molecule has 0 aromatic heterocycles. The van der Waals surface area contributed by atoms with Gasteiger partial charge in [0.1, 0.15) is 0 Å². The molecule has 0 saturated carbocycles. The predicted molar refractivity (Wildman–Crippen MR) is 84.4 cm³/mol. The molecule has 2 aromatic rings. The highest BCUT2D eigenvalue weighted by Crippen LogP contribution is 2.32. The largest absolute Gasteiger partial charge is 0.465 e. The fourth-order valence-corrected chi connectivity index (χ4v) is 3.28. The normalized spacial score (nSPS) is 12.9. The van der Waals surface area contributed by atoms with E-state index < -0.39 is 16.0 Å². The second-order valence-electron chi connectivity index (χ2n) is 5.03. The summed E-state index contributed by atoms with van der Waals surface area (Å²) < 4.78 is 42.3. The van der Waals surface area contributed by atoms with Crippen LogP contribution in [0.5, 0.6) is 11.5 Å². The summed E-state index contributed by atoms with van der Waals surface area (Å²) in [6.45, 7) is 0.242. The van der Waals surface area contributed by atoms with Crippen molar-refractivity contribution in [3.05, 3.63) is 53.6 Å². The van der Waals surface area contributed by atoms with Crippen molar-refractivity contribution in [2.75, 3.05) is 13.9 Å². The van der Waals surface area contributed by atoms with E-state index in [2.05, 4.69) is 9.46 Å². The predicted octanol–water partition coefficient (Wildman–Crippen LogP) is 1.68. The van der Waals surface area contributed by atoms with Crippen molar-refractivity contribution in [2.24, 2.45) is 0 Å². The van der Waals surface area contributed by atoms with Gasteiger partial charge in [0.25, 0.3) is 0 Å². The molecule has 7 nitrogen and oxygen atoms in total. The maximum Gasteiger partial charge on any atom is 0.337 e. The summed E-state index contributed by atoms with van der Waals surface area (Å²) in [5.74, 6) is 0.620. The zero-order valence-corrected chi connectivity index (χ0v) is 13.6. The quantitative estimate of drug-likeness (QED) is 0.826. The molecule has 0 spiro atoms. The molecule has 0 radical (unpaired) electrons. The van der Waals surface area contributed by atoms with Crippen molar-refractivity contribution >= 4 is 16.0 Å². The van der Waals surface area contributed by atoms with Crippen LogP contribution in [0.3, 0.4) is 0 Å². The Hall–Kier alpha value is -2.58. The minimum absolute atomic E-state index is 0.00820. The van der Waals surface area contributed by atoms with Crippen molar-refractivity contribution < 1.29 is 27.4 Å². The van der Waals surface area contributed by atoms with Crippen LogP contribution in [0.25, 0.3) is 0 Å². The Morgan fingerprint density at radius 3 is 2.75 bits per heavy atom. The molecule has 0 aliphatic carbocycles. The minimum Gasteiger partial charge on any atom is -0.465 e. The van der Waals surface area contributed by atoms with Gasteiger partial charge in [0.15, 0.2) is 11.5 Å². The standard InChI is InChI=1S/C16H15NO6S/c1-21-16(18)12-3-2-4-13(8-12)24(19,20)17-9-11-5-6-14-15(7-11)23-10-22-14/h2-8,17H,9-10H2,1H3. The van der Waals surface area contributed by atoms with Crippen molar-refractivity contribution in [3.63, 3.8) is 0 Å². The first-order chi connectivity index (χ1) is 11.5. The van der Waals surface area contributed by atoms with Gasteiger partial charge in [-0.25, -0.2) is 17.9 Å². The van der Waals surface area contributed by atoms with E-state index in [1.807, 2.05) is 0 Å². The summed E-state index contributed by atoms with van der Waals surface area (Å²) in [4.78, 5) is 11.5. The Morgan fingerprint density at radius 1 is 1.17 bits per heavy atom. The number of fused-ring (bicyclic) bond motifs is 1. The van der Waals surface area contributed by atoms with Gasteiger partial charge in [0.05, 0.1) is 17.6 Å². The van der Waals surface area contributed by atoms with E-state index in [0.717, 1.165) is 5.56 Å². The van der Waals surface area contributed by atoms with Crippen LogP contribution in [0.1, 0.15) is 15.9 Å². The third kappa shape index (κ3) is 3.34. The van der Waals surface area contributed by atoms with E-state index in [0.29, 0.717) is 11.5 Å². The van der Waals surface area contributed by atoms with Gasteiger partial charge >= 0.3 is 5.97 Å². The molecular formula is C16H15NO6S. The summed E-state index contributed by atoms with van der Waals surface area (Å²) in [5.41, 5.74) is 0.899. The smallest absolute Gasteiger partial charge is 0.337 e. The molecule has 2 aromatic carbocycles. The van der Waals surface area contributed by atoms with Gasteiger partial charge in [-0.1, -0.05) is 12.1 Å². The number of sulfonamides is 1. The lowest BCUT2D eigenvalue weighted by molar-refractivity contribution is 0.0600. The van der Waals surface area contributed by atoms with E-state index in [1.54, 1.807) is 18.2 Å². The monoisotopic (exact) mass is 349 g/mol. The zero-order chi connectivity index (χ0) is 17.2. The number of rotatable bonds is 5. The van der Waals surface area contributed by atoms with E-state index >= 15 is 0 Å². The highest BCUT2D eigenvalue weighted by molar-refractivity contribution is 7.89. The van der Waals surface area contributed by atoms with Crippen LogP contribution < -0.4 is 14.2 Å². The summed E-state index contributed by atoms with van der Waals surface area (Å²) in [6.07, 6.45) is 0. The molecular weight excluding hydrogens is 334 g/mol. The second-order valence-corrected chi connectivity index (χ2v) is 6.80. The second kappa shape index (κ2) is 6.50. The number of carbonyl (C=O) groups is 1. The van der Waals surface area contributed by atoms with Gasteiger partial charge in [-0.15, -0.1) is 0 Å².